The van der Waals surface area contributed by atoms with Crippen LogP contribution in [0.25, 0.3) is 0 Å². The third-order valence-corrected chi connectivity index (χ3v) is 2.06. The van der Waals surface area contributed by atoms with Gasteiger partial charge in [-0.2, -0.15) is 0 Å². The molecule has 3 nitrogen and oxygen atoms in total. The van der Waals surface area contributed by atoms with Gasteiger partial charge in [-0.15, -0.1) is 0 Å². The second-order valence-electron chi connectivity index (χ2n) is 3.83. The van der Waals surface area contributed by atoms with Gasteiger partial charge in [0.25, 0.3) is 0 Å². The topological polar surface area (TPSA) is 44.5 Å². The van der Waals surface area contributed by atoms with Gasteiger partial charge in [0, 0.05) is 6.04 Å². The molecule has 0 aliphatic carbocycles. The van der Waals surface area contributed by atoms with Crippen molar-refractivity contribution < 1.29 is 9.47 Å². The van der Waals surface area contributed by atoms with E-state index in [9.17, 15) is 0 Å². The fraction of sp³-hybridized carbons (Fsp3) is 0.500. The molecule has 2 N–H and O–H groups in total. The van der Waals surface area contributed by atoms with Crippen molar-refractivity contribution in [3.8, 4) is 11.5 Å². The molecule has 0 amide bonds. The first kappa shape index (κ1) is 11.9. The average Bonchev–Trinajstić information content (AvgIpc) is 2.15. The van der Waals surface area contributed by atoms with Gasteiger partial charge in [-0.1, -0.05) is 6.07 Å². The van der Waals surface area contributed by atoms with Gasteiger partial charge in [0.05, 0.1) is 18.8 Å². The lowest BCUT2D eigenvalue weighted by Gasteiger charge is -2.18. The molecule has 0 saturated heterocycles. The zero-order chi connectivity index (χ0) is 11.4. The summed E-state index contributed by atoms with van der Waals surface area (Å²) < 4.78 is 11.0. The minimum Gasteiger partial charge on any atom is -0.496 e. The number of methoxy groups -OCH3 is 1. The second kappa shape index (κ2) is 5.03. The molecule has 0 fully saturated rings. The highest BCUT2D eigenvalue weighted by molar-refractivity contribution is 5.46. The quantitative estimate of drug-likeness (QED) is 0.828. The van der Waals surface area contributed by atoms with E-state index >= 15 is 0 Å². The molecule has 0 spiro atoms. The summed E-state index contributed by atoms with van der Waals surface area (Å²) >= 11 is 0. The lowest BCUT2D eigenvalue weighted by Crippen LogP contribution is -2.13. The summed E-state index contributed by atoms with van der Waals surface area (Å²) in [5, 5.41) is 0. The summed E-state index contributed by atoms with van der Waals surface area (Å²) in [4.78, 5) is 0. The van der Waals surface area contributed by atoms with E-state index in [1.165, 1.54) is 0 Å². The van der Waals surface area contributed by atoms with Crippen LogP contribution in [0.3, 0.4) is 0 Å². The van der Waals surface area contributed by atoms with E-state index in [1.807, 2.05) is 39.0 Å². The molecule has 15 heavy (non-hydrogen) atoms. The van der Waals surface area contributed by atoms with Crippen LogP contribution < -0.4 is 15.2 Å². The van der Waals surface area contributed by atoms with Gasteiger partial charge >= 0.3 is 0 Å². The lowest BCUT2D eigenvalue weighted by molar-refractivity contribution is 0.237. The lowest BCUT2D eigenvalue weighted by atomic mass is 10.1. The van der Waals surface area contributed by atoms with Crippen LogP contribution in [0.5, 0.6) is 11.5 Å². The van der Waals surface area contributed by atoms with E-state index in [-0.39, 0.29) is 12.1 Å². The first-order valence-electron chi connectivity index (χ1n) is 5.15. The molecule has 3 heteroatoms. The molecular formula is C12H19NO2. The first-order valence-corrected chi connectivity index (χ1v) is 5.15. The van der Waals surface area contributed by atoms with Gasteiger partial charge in [0.15, 0.2) is 0 Å². The van der Waals surface area contributed by atoms with E-state index < -0.39 is 0 Å². The maximum atomic E-state index is 5.91. The van der Waals surface area contributed by atoms with Crippen LogP contribution in [-0.2, 0) is 0 Å². The number of benzene rings is 1. The monoisotopic (exact) mass is 209 g/mol. The van der Waals surface area contributed by atoms with Gasteiger partial charge < -0.3 is 15.2 Å². The zero-order valence-electron chi connectivity index (χ0n) is 9.78. The molecule has 0 heterocycles. The Kier molecular flexibility index (Phi) is 3.97. The number of hydrogen-bond acceptors (Lipinski definition) is 3. The molecule has 1 aromatic rings. The summed E-state index contributed by atoms with van der Waals surface area (Å²) in [5.41, 5.74) is 6.83. The molecule has 0 radical (unpaired) electrons. The standard InChI is InChI=1S/C12H19NO2/c1-8(2)15-11-7-5-6-10(14-4)12(11)9(3)13/h5-9H,13H2,1-4H3. The van der Waals surface area contributed by atoms with Gasteiger partial charge in [0.2, 0.25) is 0 Å². The van der Waals surface area contributed by atoms with Crippen LogP contribution in [0.4, 0.5) is 0 Å². The van der Waals surface area contributed by atoms with E-state index in [2.05, 4.69) is 0 Å². The highest BCUT2D eigenvalue weighted by Gasteiger charge is 2.14. The molecule has 0 bridgehead atoms. The fourth-order valence-electron chi connectivity index (χ4n) is 1.51. The highest BCUT2D eigenvalue weighted by atomic mass is 16.5. The van der Waals surface area contributed by atoms with Crippen molar-refractivity contribution in [2.45, 2.75) is 32.9 Å². The zero-order valence-corrected chi connectivity index (χ0v) is 9.78. The van der Waals surface area contributed by atoms with Gasteiger partial charge in [0.1, 0.15) is 11.5 Å². The van der Waals surface area contributed by atoms with Crippen molar-refractivity contribution in [2.24, 2.45) is 5.73 Å². The second-order valence-corrected chi connectivity index (χ2v) is 3.83. The first-order chi connectivity index (χ1) is 7.06. The number of rotatable bonds is 4. The van der Waals surface area contributed by atoms with Crippen molar-refractivity contribution >= 4 is 0 Å². The van der Waals surface area contributed by atoms with E-state index in [4.69, 9.17) is 15.2 Å². The average molecular weight is 209 g/mol. The number of hydrogen-bond donors (Lipinski definition) is 1. The van der Waals surface area contributed by atoms with Crippen LogP contribution in [-0.4, -0.2) is 13.2 Å². The molecule has 0 aliphatic heterocycles. The SMILES string of the molecule is COc1cccc(OC(C)C)c1C(C)N. The summed E-state index contributed by atoms with van der Waals surface area (Å²) in [5.74, 6) is 1.59. The Labute approximate surface area is 91.2 Å². The van der Waals surface area contributed by atoms with E-state index in [1.54, 1.807) is 7.11 Å². The molecule has 0 saturated carbocycles. The molecule has 0 aliphatic rings. The molecule has 1 unspecified atom stereocenters. The largest absolute Gasteiger partial charge is 0.496 e. The Morgan fingerprint density at radius 1 is 1.13 bits per heavy atom. The molecule has 1 atom stereocenters. The minimum absolute atomic E-state index is 0.102. The Hall–Kier alpha value is -1.22. The molecule has 1 rings (SSSR count). The Bertz CT molecular complexity index is 321. The highest BCUT2D eigenvalue weighted by Crippen LogP contribution is 2.33. The smallest absolute Gasteiger partial charge is 0.128 e. The van der Waals surface area contributed by atoms with Crippen molar-refractivity contribution in [1.29, 1.82) is 0 Å². The summed E-state index contributed by atoms with van der Waals surface area (Å²) in [6.45, 7) is 5.90. The van der Waals surface area contributed by atoms with Crippen LogP contribution >= 0.6 is 0 Å². The fourth-order valence-corrected chi connectivity index (χ4v) is 1.51. The Morgan fingerprint density at radius 2 is 1.73 bits per heavy atom. The summed E-state index contributed by atoms with van der Waals surface area (Å²) in [6, 6.07) is 5.62. The predicted octanol–water partition coefficient (Wildman–Crippen LogP) is 2.50. The van der Waals surface area contributed by atoms with Gasteiger partial charge in [-0.25, -0.2) is 0 Å². The maximum absolute atomic E-state index is 5.91. The van der Waals surface area contributed by atoms with Gasteiger partial charge in [-0.3, -0.25) is 0 Å². The van der Waals surface area contributed by atoms with E-state index in [0.29, 0.717) is 0 Å². The predicted molar refractivity (Wildman–Crippen MR) is 61.4 cm³/mol. The van der Waals surface area contributed by atoms with Gasteiger partial charge in [-0.05, 0) is 32.9 Å². The van der Waals surface area contributed by atoms with Crippen LogP contribution in [0.2, 0.25) is 0 Å². The normalized spacial score (nSPS) is 12.7. The maximum Gasteiger partial charge on any atom is 0.128 e. The van der Waals surface area contributed by atoms with Crippen LogP contribution in [0.15, 0.2) is 18.2 Å². The van der Waals surface area contributed by atoms with Crippen molar-refractivity contribution in [1.82, 2.24) is 0 Å². The van der Waals surface area contributed by atoms with Crippen LogP contribution in [0.1, 0.15) is 32.4 Å². The van der Waals surface area contributed by atoms with Crippen LogP contribution in [0, 0.1) is 0 Å². The molecule has 1 aromatic carbocycles. The number of ether oxygens (including phenoxy) is 2. The van der Waals surface area contributed by atoms with E-state index in [0.717, 1.165) is 17.1 Å². The Balaban J connectivity index is 3.13. The van der Waals surface area contributed by atoms with Crippen molar-refractivity contribution in [2.75, 3.05) is 7.11 Å². The van der Waals surface area contributed by atoms with Crippen molar-refractivity contribution in [3.05, 3.63) is 23.8 Å². The van der Waals surface area contributed by atoms with Crippen molar-refractivity contribution in [3.63, 3.8) is 0 Å². The molecule has 0 aromatic heterocycles. The third kappa shape index (κ3) is 2.86. The summed E-state index contributed by atoms with van der Waals surface area (Å²) in [7, 11) is 1.64. The third-order valence-electron chi connectivity index (χ3n) is 2.06. The minimum atomic E-state index is -0.102. The molecule has 84 valence electrons. The molecular weight excluding hydrogens is 190 g/mol. The summed E-state index contributed by atoms with van der Waals surface area (Å²) in [6.07, 6.45) is 0.134. The number of nitrogens with two attached hydrogens (primary N) is 1. The Morgan fingerprint density at radius 3 is 2.20 bits per heavy atom.